The smallest absolute Gasteiger partial charge is 0.247 e. The Labute approximate surface area is 97.9 Å². The van der Waals surface area contributed by atoms with Gasteiger partial charge in [0, 0.05) is 0 Å². The number of benzene rings is 1. The van der Waals surface area contributed by atoms with Crippen LogP contribution in [0.2, 0.25) is 0 Å². The third-order valence-electron chi connectivity index (χ3n) is 2.39. The van der Waals surface area contributed by atoms with Gasteiger partial charge in [0.25, 0.3) is 0 Å². The number of aromatic nitrogens is 3. The SMILES string of the molecule is O=c1[nH][nH]c(=O)n1Cc1ccc(C(F)(F)F)cc1. The van der Waals surface area contributed by atoms with E-state index in [-0.39, 0.29) is 6.54 Å². The Hall–Kier alpha value is -2.25. The van der Waals surface area contributed by atoms with E-state index in [2.05, 4.69) is 10.2 Å². The number of nitrogens with zero attached hydrogens (tertiary/aromatic N) is 1. The van der Waals surface area contributed by atoms with Gasteiger partial charge in [-0.05, 0) is 17.7 Å². The van der Waals surface area contributed by atoms with Crippen LogP contribution in [0.25, 0.3) is 0 Å². The molecule has 2 aromatic rings. The van der Waals surface area contributed by atoms with Gasteiger partial charge in [-0.3, -0.25) is 0 Å². The van der Waals surface area contributed by atoms with E-state index < -0.39 is 23.1 Å². The fourth-order valence-electron chi connectivity index (χ4n) is 1.46. The number of hydrogen-bond acceptors (Lipinski definition) is 2. The fourth-order valence-corrected chi connectivity index (χ4v) is 1.46. The van der Waals surface area contributed by atoms with Gasteiger partial charge in [0.2, 0.25) is 0 Å². The van der Waals surface area contributed by atoms with Crippen LogP contribution in [0.5, 0.6) is 0 Å². The molecule has 2 N–H and O–H groups in total. The van der Waals surface area contributed by atoms with Crippen LogP contribution < -0.4 is 11.4 Å². The summed E-state index contributed by atoms with van der Waals surface area (Å²) in [5.41, 5.74) is -1.63. The summed E-state index contributed by atoms with van der Waals surface area (Å²) in [6.45, 7) is -0.0875. The topological polar surface area (TPSA) is 70.7 Å². The van der Waals surface area contributed by atoms with Gasteiger partial charge in [-0.2, -0.15) is 13.2 Å². The highest BCUT2D eigenvalue weighted by atomic mass is 19.4. The van der Waals surface area contributed by atoms with Crippen LogP contribution in [0.3, 0.4) is 0 Å². The molecular formula is C10H8F3N3O2. The maximum Gasteiger partial charge on any atom is 0.416 e. The Kier molecular flexibility index (Phi) is 2.85. The minimum absolute atomic E-state index is 0.0875. The van der Waals surface area contributed by atoms with Crippen molar-refractivity contribution < 1.29 is 13.2 Å². The number of aromatic amines is 2. The molecule has 0 spiro atoms. The van der Waals surface area contributed by atoms with Crippen LogP contribution in [0, 0.1) is 0 Å². The summed E-state index contributed by atoms with van der Waals surface area (Å²) in [5, 5.41) is 4.17. The normalized spacial score (nSPS) is 11.7. The number of alkyl halides is 3. The van der Waals surface area contributed by atoms with Gasteiger partial charge >= 0.3 is 17.6 Å². The average Bonchev–Trinajstić information content (AvgIpc) is 2.60. The van der Waals surface area contributed by atoms with E-state index in [1.807, 2.05) is 0 Å². The summed E-state index contributed by atoms with van der Waals surface area (Å²) in [6, 6.07) is 4.26. The minimum atomic E-state index is -4.40. The number of halogens is 3. The second kappa shape index (κ2) is 4.21. The third kappa shape index (κ3) is 2.36. The van der Waals surface area contributed by atoms with Gasteiger partial charge < -0.3 is 0 Å². The molecule has 0 aliphatic heterocycles. The zero-order valence-electron chi connectivity index (χ0n) is 8.91. The molecule has 0 bridgehead atoms. The summed E-state index contributed by atoms with van der Waals surface area (Å²) in [7, 11) is 0. The van der Waals surface area contributed by atoms with Crippen LogP contribution >= 0.6 is 0 Å². The van der Waals surface area contributed by atoms with Gasteiger partial charge in [0.1, 0.15) is 0 Å². The quantitative estimate of drug-likeness (QED) is 0.842. The van der Waals surface area contributed by atoms with Crippen LogP contribution in [0.4, 0.5) is 13.2 Å². The number of rotatable bonds is 2. The van der Waals surface area contributed by atoms with E-state index >= 15 is 0 Å². The van der Waals surface area contributed by atoms with Gasteiger partial charge in [-0.25, -0.2) is 24.4 Å². The fraction of sp³-hybridized carbons (Fsp3) is 0.200. The lowest BCUT2D eigenvalue weighted by Gasteiger charge is -2.07. The molecule has 0 radical (unpaired) electrons. The lowest BCUT2D eigenvalue weighted by atomic mass is 10.1. The van der Waals surface area contributed by atoms with Crippen molar-refractivity contribution in [3.63, 3.8) is 0 Å². The van der Waals surface area contributed by atoms with E-state index in [1.54, 1.807) is 0 Å². The van der Waals surface area contributed by atoms with Crippen molar-refractivity contribution in [1.82, 2.24) is 14.8 Å². The molecular weight excluding hydrogens is 251 g/mol. The Balaban J connectivity index is 2.27. The molecule has 8 heteroatoms. The monoisotopic (exact) mass is 259 g/mol. The molecule has 0 aliphatic carbocycles. The number of nitrogens with one attached hydrogen (secondary N) is 2. The molecule has 96 valence electrons. The van der Waals surface area contributed by atoms with Crippen molar-refractivity contribution in [2.75, 3.05) is 0 Å². The molecule has 1 aromatic carbocycles. The lowest BCUT2D eigenvalue weighted by Crippen LogP contribution is -2.27. The van der Waals surface area contributed by atoms with Crippen molar-refractivity contribution in [3.8, 4) is 0 Å². The third-order valence-corrected chi connectivity index (χ3v) is 2.39. The Morgan fingerprint density at radius 3 is 1.94 bits per heavy atom. The highest BCUT2D eigenvalue weighted by Gasteiger charge is 2.29. The predicted octanol–water partition coefficient (Wildman–Crippen LogP) is 0.932. The van der Waals surface area contributed by atoms with Crippen LogP contribution in [-0.2, 0) is 12.7 Å². The molecule has 18 heavy (non-hydrogen) atoms. The first-order chi connectivity index (χ1) is 8.38. The van der Waals surface area contributed by atoms with E-state index in [9.17, 15) is 22.8 Å². The molecule has 0 atom stereocenters. The van der Waals surface area contributed by atoms with Crippen LogP contribution in [0.1, 0.15) is 11.1 Å². The molecule has 0 amide bonds. The predicted molar refractivity (Wildman–Crippen MR) is 56.2 cm³/mol. The van der Waals surface area contributed by atoms with E-state index in [4.69, 9.17) is 0 Å². The summed E-state index contributed by atoms with van der Waals surface area (Å²) >= 11 is 0. The first kappa shape index (κ1) is 12.2. The highest BCUT2D eigenvalue weighted by molar-refractivity contribution is 5.24. The van der Waals surface area contributed by atoms with Crippen LogP contribution in [-0.4, -0.2) is 14.8 Å². The lowest BCUT2D eigenvalue weighted by molar-refractivity contribution is -0.137. The molecule has 0 fully saturated rings. The van der Waals surface area contributed by atoms with Gasteiger partial charge in [-0.1, -0.05) is 12.1 Å². The van der Waals surface area contributed by atoms with Crippen molar-refractivity contribution in [2.24, 2.45) is 0 Å². The van der Waals surface area contributed by atoms with E-state index in [1.165, 1.54) is 12.1 Å². The van der Waals surface area contributed by atoms with Gasteiger partial charge in [0.15, 0.2) is 0 Å². The van der Waals surface area contributed by atoms with Crippen LogP contribution in [0.15, 0.2) is 33.9 Å². The van der Waals surface area contributed by atoms with Crippen molar-refractivity contribution in [2.45, 2.75) is 12.7 Å². The second-order valence-corrected chi connectivity index (χ2v) is 3.64. The van der Waals surface area contributed by atoms with Crippen molar-refractivity contribution in [1.29, 1.82) is 0 Å². The average molecular weight is 259 g/mol. The minimum Gasteiger partial charge on any atom is -0.247 e. The zero-order chi connectivity index (χ0) is 13.3. The molecule has 5 nitrogen and oxygen atoms in total. The standard InChI is InChI=1S/C10H8F3N3O2/c11-10(12,13)7-3-1-6(2-4-7)5-16-8(17)14-15-9(16)18/h1-4H,5H2,(H,14,17)(H,15,18). The maximum atomic E-state index is 12.3. The summed E-state index contributed by atoms with van der Waals surface area (Å²) in [4.78, 5) is 22.3. The van der Waals surface area contributed by atoms with Gasteiger partial charge in [0.05, 0.1) is 12.1 Å². The first-order valence-corrected chi connectivity index (χ1v) is 4.91. The molecule has 0 unspecified atom stereocenters. The Bertz CT molecular complexity index is 621. The molecule has 0 aliphatic rings. The van der Waals surface area contributed by atoms with Crippen molar-refractivity contribution >= 4 is 0 Å². The number of H-pyrrole nitrogens is 2. The largest absolute Gasteiger partial charge is 0.416 e. The first-order valence-electron chi connectivity index (χ1n) is 4.91. The van der Waals surface area contributed by atoms with E-state index in [0.717, 1.165) is 16.7 Å². The highest BCUT2D eigenvalue weighted by Crippen LogP contribution is 2.29. The summed E-state index contributed by atoms with van der Waals surface area (Å²) in [5.74, 6) is 0. The molecule has 1 aromatic heterocycles. The molecule has 2 rings (SSSR count). The zero-order valence-corrected chi connectivity index (χ0v) is 8.91. The molecule has 0 saturated heterocycles. The van der Waals surface area contributed by atoms with E-state index in [0.29, 0.717) is 5.56 Å². The number of hydrogen-bond donors (Lipinski definition) is 2. The van der Waals surface area contributed by atoms with Gasteiger partial charge in [-0.15, -0.1) is 0 Å². The molecule has 1 heterocycles. The Morgan fingerprint density at radius 2 is 1.50 bits per heavy atom. The summed E-state index contributed by atoms with van der Waals surface area (Å²) < 4.78 is 37.8. The van der Waals surface area contributed by atoms with Crippen molar-refractivity contribution in [3.05, 3.63) is 56.4 Å². The second-order valence-electron chi connectivity index (χ2n) is 3.64. The summed E-state index contributed by atoms with van der Waals surface area (Å²) in [6.07, 6.45) is -4.40. The molecule has 0 saturated carbocycles. The Morgan fingerprint density at radius 1 is 1.00 bits per heavy atom. The maximum absolute atomic E-state index is 12.3.